The molecule has 4 aromatic carbocycles. The van der Waals surface area contributed by atoms with Gasteiger partial charge in [0.2, 0.25) is 11.8 Å². The molecule has 3 aliphatic rings. The number of hydrogen-bond acceptors (Lipinski definition) is 7. The highest BCUT2D eigenvalue weighted by Gasteiger charge is 2.34. The molecule has 1 aliphatic carbocycles. The number of cyclic esters (lactones) is 1. The second-order valence-corrected chi connectivity index (χ2v) is 14.1. The number of rotatable bonds is 7. The Hall–Kier alpha value is -5.74. The number of aliphatic hydroxyl groups excluding tert-OH is 1. The molecule has 0 saturated carbocycles. The Labute approximate surface area is 315 Å². The Morgan fingerprint density at radius 2 is 1.52 bits per heavy atom. The third kappa shape index (κ3) is 8.24. The van der Waals surface area contributed by atoms with Gasteiger partial charge in [-0.25, -0.2) is 9.59 Å². The Morgan fingerprint density at radius 3 is 2.24 bits per heavy atom. The van der Waals surface area contributed by atoms with Crippen LogP contribution in [0, 0.1) is 5.92 Å². The lowest BCUT2D eigenvalue weighted by molar-refractivity contribution is -0.152. The highest BCUT2D eigenvalue weighted by Crippen LogP contribution is 2.44. The number of fused-ring (bicyclic) bond motifs is 4. The fraction of sp³-hybridized carbons (Fsp3) is 0.318. The van der Waals surface area contributed by atoms with E-state index < -0.39 is 30.1 Å². The molecule has 4 atom stereocenters. The molecule has 0 bridgehead atoms. The number of hydrogen-bond donors (Lipinski definition) is 3. The van der Waals surface area contributed by atoms with Gasteiger partial charge in [-0.05, 0) is 64.6 Å². The third-order valence-corrected chi connectivity index (χ3v) is 10.7. The minimum atomic E-state index is -1.01. The van der Waals surface area contributed by atoms with Crippen molar-refractivity contribution in [2.45, 2.75) is 62.8 Å². The molecule has 7 rings (SSSR count). The van der Waals surface area contributed by atoms with E-state index in [0.29, 0.717) is 31.4 Å². The summed E-state index contributed by atoms with van der Waals surface area (Å²) in [6.07, 6.45) is 3.55. The predicted molar refractivity (Wildman–Crippen MR) is 203 cm³/mol. The van der Waals surface area contributed by atoms with Gasteiger partial charge >= 0.3 is 12.1 Å². The fourth-order valence-electron chi connectivity index (χ4n) is 7.78. The van der Waals surface area contributed by atoms with Gasteiger partial charge in [-0.3, -0.25) is 9.59 Å². The van der Waals surface area contributed by atoms with Crippen molar-refractivity contribution in [3.63, 3.8) is 0 Å². The third-order valence-electron chi connectivity index (χ3n) is 10.7. The van der Waals surface area contributed by atoms with Crippen LogP contribution >= 0.6 is 0 Å². The van der Waals surface area contributed by atoms with Crippen LogP contribution in [0.15, 0.2) is 115 Å². The summed E-state index contributed by atoms with van der Waals surface area (Å²) in [6, 6.07) is 31.7. The number of benzene rings is 4. The average Bonchev–Trinajstić information content (AvgIpc) is 3.53. The quantitative estimate of drug-likeness (QED) is 0.157. The normalized spacial score (nSPS) is 21.5. The number of amides is 3. The van der Waals surface area contributed by atoms with E-state index in [2.05, 4.69) is 22.8 Å². The van der Waals surface area contributed by atoms with Gasteiger partial charge < -0.3 is 30.1 Å². The van der Waals surface area contributed by atoms with E-state index in [1.165, 1.54) is 0 Å². The number of ether oxygens (including phenoxy) is 2. The van der Waals surface area contributed by atoms with E-state index in [1.807, 2.05) is 103 Å². The van der Waals surface area contributed by atoms with Gasteiger partial charge in [0.1, 0.15) is 18.8 Å². The number of carbonyl (C=O) groups is 4. The molecular weight excluding hydrogens is 682 g/mol. The van der Waals surface area contributed by atoms with Crippen molar-refractivity contribution >= 4 is 23.9 Å². The van der Waals surface area contributed by atoms with Crippen LogP contribution in [-0.2, 0) is 36.8 Å². The molecule has 0 saturated heterocycles. The van der Waals surface area contributed by atoms with Gasteiger partial charge in [-0.2, -0.15) is 0 Å². The van der Waals surface area contributed by atoms with Crippen LogP contribution in [0.25, 0.3) is 11.1 Å². The molecule has 2 heterocycles. The van der Waals surface area contributed by atoms with Crippen molar-refractivity contribution < 1.29 is 33.8 Å². The lowest BCUT2D eigenvalue weighted by Gasteiger charge is -2.36. The minimum absolute atomic E-state index is 0.0307. The number of allylic oxidation sites excluding steroid dienone is 2. The summed E-state index contributed by atoms with van der Waals surface area (Å²) in [4.78, 5) is 56.1. The number of esters is 1. The van der Waals surface area contributed by atoms with Gasteiger partial charge in [0.25, 0.3) is 0 Å². The Morgan fingerprint density at radius 1 is 0.852 bits per heavy atom. The van der Waals surface area contributed by atoms with E-state index >= 15 is 0 Å². The van der Waals surface area contributed by atoms with Crippen LogP contribution < -0.4 is 10.6 Å². The SMILES string of the molecule is O=C(N[C@H]1CCC=CC[C@H](CC(=O)N2Cc3ccccc3C[C@H]2CO)C(=O)NC[C@H](c2ccccc2)OC1=O)OCC1c2ccccc2-c2ccccc21. The van der Waals surface area contributed by atoms with E-state index in [4.69, 9.17) is 9.47 Å². The molecule has 0 radical (unpaired) electrons. The molecule has 0 aromatic heterocycles. The van der Waals surface area contributed by atoms with Crippen molar-refractivity contribution in [1.82, 2.24) is 15.5 Å². The molecule has 2 aliphatic heterocycles. The van der Waals surface area contributed by atoms with Gasteiger partial charge in [0, 0.05) is 18.9 Å². The molecule has 0 unspecified atom stereocenters. The molecule has 278 valence electrons. The van der Waals surface area contributed by atoms with Gasteiger partial charge in [-0.15, -0.1) is 0 Å². The summed E-state index contributed by atoms with van der Waals surface area (Å²) < 4.78 is 11.8. The molecule has 10 nitrogen and oxygen atoms in total. The highest BCUT2D eigenvalue weighted by molar-refractivity contribution is 5.86. The molecule has 0 fully saturated rings. The highest BCUT2D eigenvalue weighted by atomic mass is 16.6. The van der Waals surface area contributed by atoms with E-state index in [9.17, 15) is 24.3 Å². The van der Waals surface area contributed by atoms with E-state index in [0.717, 1.165) is 33.4 Å². The summed E-state index contributed by atoms with van der Waals surface area (Å²) in [5.41, 5.74) is 7.21. The van der Waals surface area contributed by atoms with Crippen molar-refractivity contribution in [2.75, 3.05) is 19.8 Å². The summed E-state index contributed by atoms with van der Waals surface area (Å²) in [5, 5.41) is 15.8. The predicted octanol–water partition coefficient (Wildman–Crippen LogP) is 5.99. The Bertz CT molecular complexity index is 1970. The van der Waals surface area contributed by atoms with Crippen LogP contribution in [0.3, 0.4) is 0 Å². The van der Waals surface area contributed by atoms with Gasteiger partial charge in [0.15, 0.2) is 0 Å². The first kappa shape index (κ1) is 36.6. The van der Waals surface area contributed by atoms with E-state index in [-0.39, 0.29) is 56.4 Å². The van der Waals surface area contributed by atoms with Crippen LogP contribution in [0.2, 0.25) is 0 Å². The van der Waals surface area contributed by atoms with E-state index in [1.54, 1.807) is 4.90 Å². The molecule has 3 amide bonds. The smallest absolute Gasteiger partial charge is 0.407 e. The maximum absolute atomic E-state index is 13.7. The fourth-order valence-corrected chi connectivity index (χ4v) is 7.78. The van der Waals surface area contributed by atoms with Crippen molar-refractivity contribution in [3.05, 3.63) is 143 Å². The maximum atomic E-state index is 13.7. The summed E-state index contributed by atoms with van der Waals surface area (Å²) in [5.74, 6) is -2.01. The van der Waals surface area contributed by atoms with Crippen LogP contribution in [0.4, 0.5) is 4.79 Å². The first-order valence-electron chi connectivity index (χ1n) is 18.7. The Balaban J connectivity index is 1.04. The first-order valence-corrected chi connectivity index (χ1v) is 18.7. The van der Waals surface area contributed by atoms with Crippen LogP contribution in [0.5, 0.6) is 0 Å². The molecule has 54 heavy (non-hydrogen) atoms. The zero-order valence-corrected chi connectivity index (χ0v) is 30.1. The monoisotopic (exact) mass is 727 g/mol. The van der Waals surface area contributed by atoms with Gasteiger partial charge in [0.05, 0.1) is 25.1 Å². The second kappa shape index (κ2) is 16.9. The summed E-state index contributed by atoms with van der Waals surface area (Å²) >= 11 is 0. The van der Waals surface area contributed by atoms with Crippen molar-refractivity contribution in [2.24, 2.45) is 5.92 Å². The standard InChI is InChI=1S/C44H45N3O7/c48-27-33-23-30-15-7-8-17-32(30)26-47(33)41(49)24-31-16-5-2-6-22-39(43(51)54-40(25-45-42(31)50)29-13-3-1-4-14-29)46-44(52)53-28-38-36-20-11-9-18-34(36)35-19-10-12-21-37(35)38/h1-5,7-15,17-21,31,33,38-40,48H,6,16,22-28H2,(H,45,50)(H,46,52)/t31-,33+,39+,40-/m1/s1. The largest absolute Gasteiger partial charge is 0.454 e. The minimum Gasteiger partial charge on any atom is -0.454 e. The summed E-state index contributed by atoms with van der Waals surface area (Å²) in [7, 11) is 0. The zero-order valence-electron chi connectivity index (χ0n) is 30.1. The molecular formula is C44H45N3O7. The number of aliphatic hydroxyl groups is 1. The number of carbonyl (C=O) groups excluding carboxylic acids is 4. The van der Waals surface area contributed by atoms with Crippen molar-refractivity contribution in [1.29, 1.82) is 0 Å². The zero-order chi connectivity index (χ0) is 37.4. The number of nitrogens with zero attached hydrogens (tertiary/aromatic N) is 1. The second-order valence-electron chi connectivity index (χ2n) is 14.1. The average molecular weight is 728 g/mol. The maximum Gasteiger partial charge on any atom is 0.407 e. The molecule has 3 N–H and O–H groups in total. The lowest BCUT2D eigenvalue weighted by Crippen LogP contribution is -2.47. The van der Waals surface area contributed by atoms with Crippen LogP contribution in [0.1, 0.15) is 65.5 Å². The number of nitrogens with one attached hydrogen (secondary N) is 2. The Kier molecular flexibility index (Phi) is 11.5. The number of alkyl carbamates (subject to hydrolysis) is 1. The summed E-state index contributed by atoms with van der Waals surface area (Å²) in [6.45, 7) is 0.265. The van der Waals surface area contributed by atoms with Gasteiger partial charge in [-0.1, -0.05) is 115 Å². The van der Waals surface area contributed by atoms with Crippen LogP contribution in [-0.4, -0.2) is 65.7 Å². The molecule has 4 aromatic rings. The topological polar surface area (TPSA) is 134 Å². The molecule has 10 heteroatoms. The van der Waals surface area contributed by atoms with Crippen molar-refractivity contribution in [3.8, 4) is 11.1 Å². The first-order chi connectivity index (χ1) is 26.4. The molecule has 0 spiro atoms. The lowest BCUT2D eigenvalue weighted by atomic mass is 9.92.